The van der Waals surface area contributed by atoms with Crippen LogP contribution in [0.4, 0.5) is 5.82 Å². The Labute approximate surface area is 131 Å². The van der Waals surface area contributed by atoms with Gasteiger partial charge in [0.15, 0.2) is 0 Å². The van der Waals surface area contributed by atoms with Gasteiger partial charge in [-0.25, -0.2) is 9.97 Å². The van der Waals surface area contributed by atoms with E-state index in [-0.39, 0.29) is 11.5 Å². The second-order valence-corrected chi connectivity index (χ2v) is 6.77. The summed E-state index contributed by atoms with van der Waals surface area (Å²) in [7, 11) is 0. The topological polar surface area (TPSA) is 50.7 Å². The quantitative estimate of drug-likeness (QED) is 0.908. The van der Waals surface area contributed by atoms with Crippen LogP contribution in [0.2, 0.25) is 5.02 Å². The lowest BCUT2D eigenvalue weighted by molar-refractivity contribution is 0.352. The van der Waals surface area contributed by atoms with Crippen LogP contribution >= 0.6 is 11.6 Å². The summed E-state index contributed by atoms with van der Waals surface area (Å²) < 4.78 is 0. The van der Waals surface area contributed by atoms with Crippen molar-refractivity contribution in [2.75, 3.05) is 5.32 Å². The first-order chi connectivity index (χ1) is 9.85. The Hall–Kier alpha value is -1.68. The molecule has 0 aliphatic heterocycles. The second-order valence-electron chi connectivity index (χ2n) is 6.36. The number of nitrogens with zero attached hydrogens (tertiary/aromatic N) is 3. The first kappa shape index (κ1) is 15.7. The molecule has 112 valence electrons. The normalized spacial score (nSPS) is 13.0. The molecular formula is C16H21ClN4. The summed E-state index contributed by atoms with van der Waals surface area (Å²) in [6.45, 7) is 8.49. The molecule has 2 heterocycles. The Morgan fingerprint density at radius 1 is 1.29 bits per heavy atom. The Balaban J connectivity index is 2.30. The molecule has 0 amide bonds. The Kier molecular flexibility index (Phi) is 4.78. The van der Waals surface area contributed by atoms with E-state index in [4.69, 9.17) is 11.6 Å². The SMILES string of the molecule is Cc1ncc(Cl)c(NC(CC(C)(C)C)c2cccnc2)n1. The molecule has 0 fully saturated rings. The van der Waals surface area contributed by atoms with E-state index in [1.165, 1.54) is 0 Å². The van der Waals surface area contributed by atoms with E-state index >= 15 is 0 Å². The molecule has 0 aromatic carbocycles. The molecule has 1 atom stereocenters. The number of rotatable bonds is 4. The Morgan fingerprint density at radius 2 is 2.05 bits per heavy atom. The van der Waals surface area contributed by atoms with Gasteiger partial charge in [-0.2, -0.15) is 0 Å². The van der Waals surface area contributed by atoms with Crippen molar-refractivity contribution in [3.63, 3.8) is 0 Å². The third-order valence-electron chi connectivity index (χ3n) is 3.08. The summed E-state index contributed by atoms with van der Waals surface area (Å²) in [5.74, 6) is 1.37. The maximum absolute atomic E-state index is 6.20. The van der Waals surface area contributed by atoms with Crippen LogP contribution in [0, 0.1) is 12.3 Å². The Morgan fingerprint density at radius 3 is 2.67 bits per heavy atom. The van der Waals surface area contributed by atoms with Gasteiger partial charge in [0.2, 0.25) is 0 Å². The molecule has 0 radical (unpaired) electrons. The lowest BCUT2D eigenvalue weighted by Gasteiger charge is -2.27. The van der Waals surface area contributed by atoms with Gasteiger partial charge in [-0.05, 0) is 30.4 Å². The van der Waals surface area contributed by atoms with Gasteiger partial charge in [0.25, 0.3) is 0 Å². The fourth-order valence-electron chi connectivity index (χ4n) is 2.17. The zero-order valence-electron chi connectivity index (χ0n) is 12.9. The van der Waals surface area contributed by atoms with Crippen molar-refractivity contribution >= 4 is 17.4 Å². The molecule has 21 heavy (non-hydrogen) atoms. The summed E-state index contributed by atoms with van der Waals surface area (Å²) in [4.78, 5) is 12.7. The van der Waals surface area contributed by atoms with E-state index in [1.807, 2.05) is 19.2 Å². The molecule has 0 saturated heterocycles. The number of aromatic nitrogens is 3. The average molecular weight is 305 g/mol. The lowest BCUT2D eigenvalue weighted by Crippen LogP contribution is -2.19. The third kappa shape index (κ3) is 4.67. The molecule has 4 nitrogen and oxygen atoms in total. The van der Waals surface area contributed by atoms with Crippen molar-refractivity contribution < 1.29 is 0 Å². The maximum atomic E-state index is 6.20. The predicted molar refractivity (Wildman–Crippen MR) is 86.5 cm³/mol. The highest BCUT2D eigenvalue weighted by atomic mass is 35.5. The number of nitrogens with one attached hydrogen (secondary N) is 1. The van der Waals surface area contributed by atoms with Gasteiger partial charge in [-0.3, -0.25) is 4.98 Å². The zero-order chi connectivity index (χ0) is 15.5. The van der Waals surface area contributed by atoms with Crippen molar-refractivity contribution in [3.05, 3.63) is 47.1 Å². The summed E-state index contributed by atoms with van der Waals surface area (Å²) >= 11 is 6.20. The van der Waals surface area contributed by atoms with Gasteiger partial charge in [0.1, 0.15) is 16.7 Å². The fraction of sp³-hybridized carbons (Fsp3) is 0.438. The van der Waals surface area contributed by atoms with Crippen LogP contribution in [-0.2, 0) is 0 Å². The number of aryl methyl sites for hydroxylation is 1. The molecular weight excluding hydrogens is 284 g/mol. The largest absolute Gasteiger partial charge is 0.362 e. The van der Waals surface area contributed by atoms with Gasteiger partial charge >= 0.3 is 0 Å². The number of hydrogen-bond acceptors (Lipinski definition) is 4. The van der Waals surface area contributed by atoms with E-state index in [9.17, 15) is 0 Å². The molecule has 0 aliphatic carbocycles. The Bertz CT molecular complexity index is 593. The molecule has 0 aliphatic rings. The van der Waals surface area contributed by atoms with Crippen molar-refractivity contribution in [3.8, 4) is 0 Å². The van der Waals surface area contributed by atoms with Crippen LogP contribution in [0.25, 0.3) is 0 Å². The highest BCUT2D eigenvalue weighted by Crippen LogP contribution is 2.33. The molecule has 2 aromatic rings. The highest BCUT2D eigenvalue weighted by Gasteiger charge is 2.21. The molecule has 5 heteroatoms. The number of hydrogen-bond donors (Lipinski definition) is 1. The number of halogens is 1. The van der Waals surface area contributed by atoms with Crippen LogP contribution in [0.15, 0.2) is 30.7 Å². The van der Waals surface area contributed by atoms with Crippen molar-refractivity contribution in [2.24, 2.45) is 5.41 Å². The number of pyridine rings is 1. The molecule has 2 rings (SSSR count). The lowest BCUT2D eigenvalue weighted by atomic mass is 9.86. The second kappa shape index (κ2) is 6.39. The average Bonchev–Trinajstić information content (AvgIpc) is 2.42. The van der Waals surface area contributed by atoms with E-state index in [0.29, 0.717) is 16.7 Å². The predicted octanol–water partition coefficient (Wildman–Crippen LogP) is 4.42. The van der Waals surface area contributed by atoms with E-state index < -0.39 is 0 Å². The minimum absolute atomic E-state index is 0.102. The third-order valence-corrected chi connectivity index (χ3v) is 3.36. The van der Waals surface area contributed by atoms with E-state index in [1.54, 1.807) is 12.4 Å². The minimum atomic E-state index is 0.102. The van der Waals surface area contributed by atoms with Gasteiger partial charge in [0.05, 0.1) is 12.2 Å². The first-order valence-electron chi connectivity index (χ1n) is 7.01. The van der Waals surface area contributed by atoms with E-state index in [2.05, 4.69) is 47.1 Å². The summed E-state index contributed by atoms with van der Waals surface area (Å²) in [5, 5.41) is 3.97. The summed E-state index contributed by atoms with van der Waals surface area (Å²) in [6, 6.07) is 4.11. The van der Waals surface area contributed by atoms with Crippen LogP contribution in [-0.4, -0.2) is 15.0 Å². The van der Waals surface area contributed by atoms with Gasteiger partial charge in [-0.1, -0.05) is 38.4 Å². The van der Waals surface area contributed by atoms with Crippen molar-refractivity contribution in [1.29, 1.82) is 0 Å². The van der Waals surface area contributed by atoms with Crippen molar-refractivity contribution in [1.82, 2.24) is 15.0 Å². The fourth-order valence-corrected chi connectivity index (χ4v) is 2.31. The minimum Gasteiger partial charge on any atom is -0.362 e. The summed E-state index contributed by atoms with van der Waals surface area (Å²) in [5.41, 5.74) is 1.29. The zero-order valence-corrected chi connectivity index (χ0v) is 13.6. The molecule has 2 aromatic heterocycles. The first-order valence-corrected chi connectivity index (χ1v) is 7.38. The molecule has 0 saturated carbocycles. The van der Waals surface area contributed by atoms with E-state index in [0.717, 1.165) is 12.0 Å². The molecule has 1 unspecified atom stereocenters. The van der Waals surface area contributed by atoms with Crippen molar-refractivity contribution in [2.45, 2.75) is 40.2 Å². The molecule has 1 N–H and O–H groups in total. The standard InChI is InChI=1S/C16H21ClN4/c1-11-19-10-13(17)15(20-11)21-14(8-16(2,3)4)12-6-5-7-18-9-12/h5-7,9-10,14H,8H2,1-4H3,(H,19,20,21). The van der Waals surface area contributed by atoms with Crippen LogP contribution in [0.1, 0.15) is 44.6 Å². The highest BCUT2D eigenvalue weighted by molar-refractivity contribution is 6.32. The van der Waals surface area contributed by atoms with Crippen LogP contribution in [0.5, 0.6) is 0 Å². The van der Waals surface area contributed by atoms with Gasteiger partial charge in [0, 0.05) is 12.4 Å². The summed E-state index contributed by atoms with van der Waals surface area (Å²) in [6.07, 6.45) is 6.23. The molecule has 0 spiro atoms. The van der Waals surface area contributed by atoms with Crippen LogP contribution < -0.4 is 5.32 Å². The molecule has 0 bridgehead atoms. The van der Waals surface area contributed by atoms with Gasteiger partial charge < -0.3 is 5.32 Å². The van der Waals surface area contributed by atoms with Gasteiger partial charge in [-0.15, -0.1) is 0 Å². The number of anilines is 1. The maximum Gasteiger partial charge on any atom is 0.149 e. The monoisotopic (exact) mass is 304 g/mol. The smallest absolute Gasteiger partial charge is 0.149 e. The van der Waals surface area contributed by atoms with Crippen LogP contribution in [0.3, 0.4) is 0 Å².